The van der Waals surface area contributed by atoms with Crippen LogP contribution < -0.4 is 10.2 Å². The minimum atomic E-state index is 0.516. The minimum absolute atomic E-state index is 0.516. The maximum atomic E-state index is 6.33. The van der Waals surface area contributed by atoms with Gasteiger partial charge in [0.05, 0.1) is 16.8 Å². The third-order valence-electron chi connectivity index (χ3n) is 2.94. The number of hydrogen-bond acceptors (Lipinski definition) is 3. The maximum absolute atomic E-state index is 6.33. The SMILES string of the molecule is CNCC1CSc2cc(C)cc(Cl)c2N1C. The van der Waals surface area contributed by atoms with Crippen LogP contribution in [0, 0.1) is 6.92 Å². The summed E-state index contributed by atoms with van der Waals surface area (Å²) >= 11 is 8.24. The second kappa shape index (κ2) is 4.86. The van der Waals surface area contributed by atoms with Crippen LogP contribution in [0.25, 0.3) is 0 Å². The fourth-order valence-electron chi connectivity index (χ4n) is 2.07. The monoisotopic (exact) mass is 256 g/mol. The first-order valence-corrected chi connectivity index (χ1v) is 6.80. The highest BCUT2D eigenvalue weighted by atomic mass is 35.5. The lowest BCUT2D eigenvalue weighted by atomic mass is 10.2. The van der Waals surface area contributed by atoms with Gasteiger partial charge in [0.2, 0.25) is 0 Å². The van der Waals surface area contributed by atoms with E-state index in [1.807, 2.05) is 24.9 Å². The number of nitrogens with zero attached hydrogens (tertiary/aromatic N) is 1. The van der Waals surface area contributed by atoms with E-state index in [0.29, 0.717) is 6.04 Å². The largest absolute Gasteiger partial charge is 0.367 e. The lowest BCUT2D eigenvalue weighted by Gasteiger charge is -2.36. The Morgan fingerprint density at radius 1 is 1.56 bits per heavy atom. The fraction of sp³-hybridized carbons (Fsp3) is 0.500. The Kier molecular flexibility index (Phi) is 3.67. The van der Waals surface area contributed by atoms with Gasteiger partial charge in [-0.3, -0.25) is 0 Å². The summed E-state index contributed by atoms with van der Waals surface area (Å²) in [5.41, 5.74) is 2.42. The molecule has 2 rings (SSSR count). The summed E-state index contributed by atoms with van der Waals surface area (Å²) in [6, 6.07) is 4.78. The molecule has 1 aliphatic heterocycles. The number of hydrogen-bond donors (Lipinski definition) is 1. The normalized spacial score (nSPS) is 19.8. The molecule has 1 aromatic rings. The van der Waals surface area contributed by atoms with Gasteiger partial charge in [0.1, 0.15) is 0 Å². The number of nitrogens with one attached hydrogen (secondary N) is 1. The molecule has 1 heterocycles. The van der Waals surface area contributed by atoms with Gasteiger partial charge in [-0.05, 0) is 31.7 Å². The van der Waals surface area contributed by atoms with E-state index in [-0.39, 0.29) is 0 Å². The molecular weight excluding hydrogens is 240 g/mol. The topological polar surface area (TPSA) is 15.3 Å². The average molecular weight is 257 g/mol. The molecule has 0 spiro atoms. The zero-order valence-electron chi connectivity index (χ0n) is 9.88. The zero-order chi connectivity index (χ0) is 11.7. The van der Waals surface area contributed by atoms with E-state index < -0.39 is 0 Å². The summed E-state index contributed by atoms with van der Waals surface area (Å²) in [6.45, 7) is 3.08. The summed E-state index contributed by atoms with van der Waals surface area (Å²) < 4.78 is 0. The number of likely N-dealkylation sites (N-methyl/N-ethyl adjacent to an activating group) is 2. The number of aryl methyl sites for hydroxylation is 1. The second-order valence-electron chi connectivity index (χ2n) is 4.23. The van der Waals surface area contributed by atoms with E-state index in [4.69, 9.17) is 11.6 Å². The third kappa shape index (κ3) is 2.17. The van der Waals surface area contributed by atoms with Crippen LogP contribution in [0.4, 0.5) is 5.69 Å². The van der Waals surface area contributed by atoms with E-state index in [2.05, 4.69) is 30.3 Å². The van der Waals surface area contributed by atoms with Gasteiger partial charge in [0, 0.05) is 24.2 Å². The molecule has 1 aliphatic rings. The van der Waals surface area contributed by atoms with Crippen LogP contribution in [0.2, 0.25) is 5.02 Å². The second-order valence-corrected chi connectivity index (χ2v) is 5.70. The van der Waals surface area contributed by atoms with Crippen molar-refractivity contribution in [3.63, 3.8) is 0 Å². The van der Waals surface area contributed by atoms with E-state index in [1.165, 1.54) is 16.1 Å². The van der Waals surface area contributed by atoms with Crippen molar-refractivity contribution in [2.24, 2.45) is 0 Å². The predicted octanol–water partition coefficient (Wildman–Crippen LogP) is 2.78. The number of benzene rings is 1. The van der Waals surface area contributed by atoms with Gasteiger partial charge in [-0.15, -0.1) is 11.8 Å². The summed E-state index contributed by atoms with van der Waals surface area (Å²) in [7, 11) is 4.12. The van der Waals surface area contributed by atoms with Crippen LogP contribution in [0.3, 0.4) is 0 Å². The number of anilines is 1. The Morgan fingerprint density at radius 3 is 3.00 bits per heavy atom. The van der Waals surface area contributed by atoms with Crippen LogP contribution in [0.5, 0.6) is 0 Å². The van der Waals surface area contributed by atoms with Crippen molar-refractivity contribution in [2.45, 2.75) is 17.9 Å². The molecule has 4 heteroatoms. The third-order valence-corrected chi connectivity index (χ3v) is 4.41. The first-order valence-electron chi connectivity index (χ1n) is 5.44. The first-order chi connectivity index (χ1) is 7.63. The Bertz CT molecular complexity index is 395. The molecule has 0 amide bonds. The van der Waals surface area contributed by atoms with Crippen LogP contribution in [0.15, 0.2) is 17.0 Å². The molecule has 88 valence electrons. The van der Waals surface area contributed by atoms with Gasteiger partial charge in [-0.2, -0.15) is 0 Å². The Balaban J connectivity index is 2.36. The molecule has 0 aliphatic carbocycles. The number of rotatable bonds is 2. The van der Waals surface area contributed by atoms with Gasteiger partial charge in [-0.25, -0.2) is 0 Å². The lowest BCUT2D eigenvalue weighted by molar-refractivity contribution is 0.629. The number of thioether (sulfide) groups is 1. The smallest absolute Gasteiger partial charge is 0.0694 e. The Hall–Kier alpha value is -0.380. The van der Waals surface area contributed by atoms with Gasteiger partial charge in [-0.1, -0.05) is 11.6 Å². The molecule has 16 heavy (non-hydrogen) atoms. The van der Waals surface area contributed by atoms with Gasteiger partial charge in [0.25, 0.3) is 0 Å². The highest BCUT2D eigenvalue weighted by Gasteiger charge is 2.25. The van der Waals surface area contributed by atoms with Crippen molar-refractivity contribution in [1.82, 2.24) is 5.32 Å². The van der Waals surface area contributed by atoms with Crippen LogP contribution in [-0.4, -0.2) is 32.4 Å². The van der Waals surface area contributed by atoms with Crippen molar-refractivity contribution >= 4 is 29.1 Å². The van der Waals surface area contributed by atoms with E-state index >= 15 is 0 Å². The average Bonchev–Trinajstić information content (AvgIpc) is 2.21. The standard InChI is InChI=1S/C12H17ClN2S/c1-8-4-10(13)12-11(5-8)16-7-9(6-14-2)15(12)3/h4-5,9,14H,6-7H2,1-3H3. The molecule has 0 fully saturated rings. The zero-order valence-corrected chi connectivity index (χ0v) is 11.5. The quantitative estimate of drug-likeness (QED) is 0.876. The molecule has 0 bridgehead atoms. The molecule has 1 unspecified atom stereocenters. The molecular formula is C12H17ClN2S. The molecule has 0 radical (unpaired) electrons. The summed E-state index contributed by atoms with van der Waals surface area (Å²) in [5, 5.41) is 4.10. The van der Waals surface area contributed by atoms with Gasteiger partial charge >= 0.3 is 0 Å². The van der Waals surface area contributed by atoms with Crippen LogP contribution in [0.1, 0.15) is 5.56 Å². The van der Waals surface area contributed by atoms with Crippen molar-refractivity contribution in [2.75, 3.05) is 31.3 Å². The highest BCUT2D eigenvalue weighted by Crippen LogP contribution is 2.41. The fourth-order valence-corrected chi connectivity index (χ4v) is 3.90. The van der Waals surface area contributed by atoms with E-state index in [0.717, 1.165) is 17.3 Å². The van der Waals surface area contributed by atoms with Crippen LogP contribution >= 0.6 is 23.4 Å². The summed E-state index contributed by atoms with van der Waals surface area (Å²) in [4.78, 5) is 3.60. The number of fused-ring (bicyclic) bond motifs is 1. The molecule has 0 saturated heterocycles. The molecule has 1 atom stereocenters. The summed E-state index contributed by atoms with van der Waals surface area (Å²) in [6.07, 6.45) is 0. The molecule has 0 saturated carbocycles. The molecule has 1 N–H and O–H groups in total. The predicted molar refractivity (Wildman–Crippen MR) is 73.0 cm³/mol. The maximum Gasteiger partial charge on any atom is 0.0694 e. The van der Waals surface area contributed by atoms with Crippen molar-refractivity contribution < 1.29 is 0 Å². The Labute approximate surface area is 106 Å². The van der Waals surface area contributed by atoms with Crippen LogP contribution in [-0.2, 0) is 0 Å². The lowest BCUT2D eigenvalue weighted by Crippen LogP contribution is -2.43. The van der Waals surface area contributed by atoms with Gasteiger partial charge < -0.3 is 10.2 Å². The Morgan fingerprint density at radius 2 is 2.31 bits per heavy atom. The minimum Gasteiger partial charge on any atom is -0.367 e. The number of halogens is 1. The van der Waals surface area contributed by atoms with Crippen molar-refractivity contribution in [1.29, 1.82) is 0 Å². The molecule has 2 nitrogen and oxygen atoms in total. The first kappa shape index (κ1) is 12.1. The molecule has 1 aromatic carbocycles. The van der Waals surface area contributed by atoms with E-state index in [1.54, 1.807) is 0 Å². The van der Waals surface area contributed by atoms with Crippen molar-refractivity contribution in [3.05, 3.63) is 22.7 Å². The summed E-state index contributed by atoms with van der Waals surface area (Å²) in [5.74, 6) is 1.12. The van der Waals surface area contributed by atoms with Gasteiger partial charge in [0.15, 0.2) is 0 Å². The highest BCUT2D eigenvalue weighted by molar-refractivity contribution is 7.99. The van der Waals surface area contributed by atoms with E-state index in [9.17, 15) is 0 Å². The molecule has 0 aromatic heterocycles. The van der Waals surface area contributed by atoms with Crippen molar-refractivity contribution in [3.8, 4) is 0 Å².